The molecule has 0 saturated carbocycles. The number of benzene rings is 1. The van der Waals surface area contributed by atoms with Crippen LogP contribution in [0.1, 0.15) is 31.4 Å². The molecule has 0 unspecified atom stereocenters. The molecule has 0 bridgehead atoms. The van der Waals surface area contributed by atoms with Gasteiger partial charge in [-0.3, -0.25) is 8.89 Å². The van der Waals surface area contributed by atoms with Gasteiger partial charge in [-0.15, -0.1) is 0 Å². The summed E-state index contributed by atoms with van der Waals surface area (Å²) >= 11 is 0. The third-order valence-corrected chi connectivity index (χ3v) is 5.08. The van der Waals surface area contributed by atoms with Crippen molar-refractivity contribution in [3.05, 3.63) is 42.2 Å². The van der Waals surface area contributed by atoms with Gasteiger partial charge in [0.1, 0.15) is 0 Å². The standard InChI is InChI=1S/C17H23N3O2S/c1-13(14-5-7-17(8-6-14)23(2)21)19-15-10-18-20(11-15)12-16-4-3-9-22-16/h5-8,10-11,13,16,19H,3-4,9,12H2,1-2H3/t13-,16+,23+/m0/s1. The quantitative estimate of drug-likeness (QED) is 0.883. The summed E-state index contributed by atoms with van der Waals surface area (Å²) in [5, 5.41) is 7.85. The summed E-state index contributed by atoms with van der Waals surface area (Å²) in [5.41, 5.74) is 2.16. The lowest BCUT2D eigenvalue weighted by Crippen LogP contribution is -2.15. The van der Waals surface area contributed by atoms with E-state index in [-0.39, 0.29) is 6.04 Å². The Hall–Kier alpha value is -1.66. The van der Waals surface area contributed by atoms with Gasteiger partial charge >= 0.3 is 0 Å². The van der Waals surface area contributed by atoms with Gasteiger partial charge in [-0.1, -0.05) is 12.1 Å². The van der Waals surface area contributed by atoms with Gasteiger partial charge in [0.2, 0.25) is 0 Å². The third-order valence-electron chi connectivity index (χ3n) is 4.14. The van der Waals surface area contributed by atoms with Gasteiger partial charge in [-0.25, -0.2) is 0 Å². The largest absolute Gasteiger partial charge is 0.376 e. The molecule has 23 heavy (non-hydrogen) atoms. The highest BCUT2D eigenvalue weighted by Gasteiger charge is 2.16. The topological polar surface area (TPSA) is 56.1 Å². The molecule has 1 aromatic heterocycles. The first kappa shape index (κ1) is 16.2. The summed E-state index contributed by atoms with van der Waals surface area (Å²) < 4.78 is 19.0. The fraction of sp³-hybridized carbons (Fsp3) is 0.471. The number of hydrogen-bond acceptors (Lipinski definition) is 4. The Morgan fingerprint density at radius 3 is 2.87 bits per heavy atom. The molecule has 2 aromatic rings. The Bertz CT molecular complexity index is 663. The van der Waals surface area contributed by atoms with Crippen molar-refractivity contribution in [2.45, 2.75) is 43.4 Å². The van der Waals surface area contributed by atoms with Crippen LogP contribution in [0.25, 0.3) is 0 Å². The number of nitrogens with zero attached hydrogens (tertiary/aromatic N) is 2. The molecular formula is C17H23N3O2S. The Morgan fingerprint density at radius 2 is 2.22 bits per heavy atom. The molecule has 0 radical (unpaired) electrons. The molecule has 3 rings (SSSR count). The lowest BCUT2D eigenvalue weighted by molar-refractivity contribution is 0.0940. The summed E-state index contributed by atoms with van der Waals surface area (Å²) in [6, 6.07) is 8.04. The molecule has 124 valence electrons. The molecule has 1 aliphatic heterocycles. The minimum Gasteiger partial charge on any atom is -0.376 e. The van der Waals surface area contributed by atoms with Crippen LogP contribution in [0.4, 0.5) is 5.69 Å². The van der Waals surface area contributed by atoms with E-state index in [1.165, 1.54) is 0 Å². The number of rotatable bonds is 6. The second kappa shape index (κ2) is 7.27. The van der Waals surface area contributed by atoms with Crippen LogP contribution in [0.15, 0.2) is 41.6 Å². The van der Waals surface area contributed by atoms with E-state index in [0.29, 0.717) is 6.10 Å². The zero-order valence-electron chi connectivity index (χ0n) is 13.6. The highest BCUT2D eigenvalue weighted by Crippen LogP contribution is 2.21. The number of nitrogens with one attached hydrogen (secondary N) is 1. The summed E-state index contributed by atoms with van der Waals surface area (Å²) in [6.07, 6.45) is 8.12. The van der Waals surface area contributed by atoms with Crippen LogP contribution in [0.5, 0.6) is 0 Å². The first-order valence-corrected chi connectivity index (χ1v) is 9.51. The number of hydrogen-bond donors (Lipinski definition) is 1. The normalized spacial score (nSPS) is 20.3. The van der Waals surface area contributed by atoms with Crippen molar-refractivity contribution in [2.24, 2.45) is 0 Å². The molecule has 1 N–H and O–H groups in total. The fourth-order valence-electron chi connectivity index (χ4n) is 2.82. The van der Waals surface area contributed by atoms with E-state index in [1.807, 2.05) is 41.3 Å². The molecule has 6 heteroatoms. The highest BCUT2D eigenvalue weighted by atomic mass is 32.2. The van der Waals surface area contributed by atoms with Gasteiger partial charge < -0.3 is 10.1 Å². The van der Waals surface area contributed by atoms with Crippen LogP contribution < -0.4 is 5.32 Å². The minimum atomic E-state index is -0.933. The van der Waals surface area contributed by atoms with Crippen LogP contribution in [-0.2, 0) is 22.1 Å². The van der Waals surface area contributed by atoms with E-state index in [2.05, 4.69) is 17.3 Å². The number of anilines is 1. The van der Waals surface area contributed by atoms with Crippen LogP contribution in [0.3, 0.4) is 0 Å². The molecule has 1 fully saturated rings. The van der Waals surface area contributed by atoms with Crippen molar-refractivity contribution in [2.75, 3.05) is 18.2 Å². The summed E-state index contributed by atoms with van der Waals surface area (Å²) in [7, 11) is -0.933. The zero-order valence-corrected chi connectivity index (χ0v) is 14.4. The van der Waals surface area contributed by atoms with Crippen molar-refractivity contribution in [3.8, 4) is 0 Å². The smallest absolute Gasteiger partial charge is 0.0771 e. The number of ether oxygens (including phenoxy) is 1. The van der Waals surface area contributed by atoms with Gasteiger partial charge in [-0.2, -0.15) is 5.10 Å². The monoisotopic (exact) mass is 333 g/mol. The van der Waals surface area contributed by atoms with Gasteiger partial charge in [0, 0.05) is 40.8 Å². The van der Waals surface area contributed by atoms with E-state index >= 15 is 0 Å². The second-order valence-electron chi connectivity index (χ2n) is 5.98. The SMILES string of the molecule is C[C@H](Nc1cnn(C[C@H]2CCCO2)c1)c1ccc([S@@](C)=O)cc1. The predicted molar refractivity (Wildman–Crippen MR) is 92.0 cm³/mol. The van der Waals surface area contributed by atoms with E-state index in [4.69, 9.17) is 4.74 Å². The van der Waals surface area contributed by atoms with Gasteiger partial charge in [0.15, 0.2) is 0 Å². The summed E-state index contributed by atoms with van der Waals surface area (Å²) in [5.74, 6) is 0. The van der Waals surface area contributed by atoms with Crippen molar-refractivity contribution >= 4 is 16.5 Å². The lowest BCUT2D eigenvalue weighted by Gasteiger charge is -2.14. The maximum absolute atomic E-state index is 11.4. The molecule has 1 aliphatic rings. The third kappa shape index (κ3) is 4.20. The van der Waals surface area contributed by atoms with Crippen molar-refractivity contribution < 1.29 is 8.95 Å². The van der Waals surface area contributed by atoms with Crippen LogP contribution >= 0.6 is 0 Å². The van der Waals surface area contributed by atoms with Crippen molar-refractivity contribution in [3.63, 3.8) is 0 Å². The van der Waals surface area contributed by atoms with Gasteiger partial charge in [0.25, 0.3) is 0 Å². The molecule has 5 nitrogen and oxygen atoms in total. The van der Waals surface area contributed by atoms with E-state index in [9.17, 15) is 4.21 Å². The Kier molecular flexibility index (Phi) is 5.13. The summed E-state index contributed by atoms with van der Waals surface area (Å²) in [6.45, 7) is 3.79. The molecule has 0 aliphatic carbocycles. The van der Waals surface area contributed by atoms with E-state index < -0.39 is 10.8 Å². The maximum Gasteiger partial charge on any atom is 0.0771 e. The van der Waals surface area contributed by atoms with E-state index in [0.717, 1.165) is 42.1 Å². The Morgan fingerprint density at radius 1 is 1.43 bits per heavy atom. The Balaban J connectivity index is 1.59. The molecule has 0 amide bonds. The van der Waals surface area contributed by atoms with Crippen LogP contribution in [-0.4, -0.2) is 33.0 Å². The first-order valence-electron chi connectivity index (χ1n) is 7.96. The second-order valence-corrected chi connectivity index (χ2v) is 7.35. The first-order chi connectivity index (χ1) is 11.1. The maximum atomic E-state index is 11.4. The molecule has 1 aromatic carbocycles. The van der Waals surface area contributed by atoms with E-state index in [1.54, 1.807) is 6.26 Å². The van der Waals surface area contributed by atoms with Crippen molar-refractivity contribution in [1.82, 2.24) is 9.78 Å². The molecule has 3 atom stereocenters. The Labute approximate surface area is 139 Å². The molecular weight excluding hydrogens is 310 g/mol. The fourth-order valence-corrected chi connectivity index (χ4v) is 3.34. The van der Waals surface area contributed by atoms with Gasteiger partial charge in [0.05, 0.1) is 24.5 Å². The average Bonchev–Trinajstić information content (AvgIpc) is 3.20. The molecule has 2 heterocycles. The minimum absolute atomic E-state index is 0.162. The molecule has 1 saturated heterocycles. The number of aromatic nitrogens is 2. The lowest BCUT2D eigenvalue weighted by atomic mass is 10.1. The average molecular weight is 333 g/mol. The van der Waals surface area contributed by atoms with Gasteiger partial charge in [-0.05, 0) is 37.5 Å². The van der Waals surface area contributed by atoms with Crippen LogP contribution in [0, 0.1) is 0 Å². The molecule has 0 spiro atoms. The summed E-state index contributed by atoms with van der Waals surface area (Å²) in [4.78, 5) is 0.852. The zero-order chi connectivity index (χ0) is 16.2. The highest BCUT2D eigenvalue weighted by molar-refractivity contribution is 7.84. The van der Waals surface area contributed by atoms with Crippen LogP contribution in [0.2, 0.25) is 0 Å². The predicted octanol–water partition coefficient (Wildman–Crippen LogP) is 2.97. The van der Waals surface area contributed by atoms with Crippen molar-refractivity contribution in [1.29, 1.82) is 0 Å².